The second-order valence-corrected chi connectivity index (χ2v) is 9.10. The van der Waals surface area contributed by atoms with Gasteiger partial charge in [0.2, 0.25) is 5.91 Å². The minimum Gasteiger partial charge on any atom is -0.392 e. The van der Waals surface area contributed by atoms with Crippen molar-refractivity contribution in [2.75, 3.05) is 27.2 Å². The van der Waals surface area contributed by atoms with Crippen molar-refractivity contribution in [3.63, 3.8) is 0 Å². The molecule has 3 rings (SSSR count). The van der Waals surface area contributed by atoms with Crippen LogP contribution in [0.15, 0.2) is 48.1 Å². The van der Waals surface area contributed by atoms with Crippen LogP contribution in [-0.4, -0.2) is 60.4 Å². The van der Waals surface area contributed by atoms with E-state index >= 15 is 0 Å². The summed E-state index contributed by atoms with van der Waals surface area (Å²) in [5.41, 5.74) is 3.69. The van der Waals surface area contributed by atoms with Crippen LogP contribution in [-0.2, 0) is 11.2 Å². The van der Waals surface area contributed by atoms with Gasteiger partial charge in [-0.3, -0.25) is 4.79 Å². The highest BCUT2D eigenvalue weighted by molar-refractivity contribution is 5.75. The van der Waals surface area contributed by atoms with Crippen molar-refractivity contribution in [2.24, 2.45) is 17.8 Å². The van der Waals surface area contributed by atoms with Gasteiger partial charge in [0.15, 0.2) is 0 Å². The summed E-state index contributed by atoms with van der Waals surface area (Å²) in [6, 6.07) is 8.21. The first-order valence-corrected chi connectivity index (χ1v) is 11.0. The number of hydrogen-bond acceptors (Lipinski definition) is 4. The number of nitrogens with zero attached hydrogens (tertiary/aromatic N) is 1. The Bertz CT molecular complexity index is 786. The third-order valence-corrected chi connectivity index (χ3v) is 6.40. The summed E-state index contributed by atoms with van der Waals surface area (Å²) >= 11 is 0. The van der Waals surface area contributed by atoms with Crippen molar-refractivity contribution in [1.29, 1.82) is 0 Å². The summed E-state index contributed by atoms with van der Waals surface area (Å²) in [6.45, 7) is 3.54. The average Bonchev–Trinajstić information content (AvgIpc) is 3.19. The fourth-order valence-corrected chi connectivity index (χ4v) is 4.81. The Balaban J connectivity index is 1.47. The molecule has 1 amide bonds. The predicted molar refractivity (Wildman–Crippen MR) is 120 cm³/mol. The molecule has 0 aliphatic heterocycles. The molecule has 2 aliphatic rings. The van der Waals surface area contributed by atoms with E-state index < -0.39 is 6.10 Å². The molecule has 0 unspecified atom stereocenters. The van der Waals surface area contributed by atoms with Crippen molar-refractivity contribution >= 4 is 5.91 Å². The molecular weight excluding hydrogens is 376 g/mol. The highest BCUT2D eigenvalue weighted by atomic mass is 16.3. The highest BCUT2D eigenvalue weighted by Crippen LogP contribution is 2.47. The molecule has 5 atom stereocenters. The van der Waals surface area contributed by atoms with Gasteiger partial charge < -0.3 is 20.4 Å². The molecule has 2 aliphatic carbocycles. The Labute approximate surface area is 180 Å². The summed E-state index contributed by atoms with van der Waals surface area (Å²) in [5, 5.41) is 24.3. The topological polar surface area (TPSA) is 72.8 Å². The average molecular weight is 413 g/mol. The smallest absolute Gasteiger partial charge is 0.223 e. The number of amides is 1. The Kier molecular flexibility index (Phi) is 7.87. The summed E-state index contributed by atoms with van der Waals surface area (Å²) in [4.78, 5) is 13.3. The first-order chi connectivity index (χ1) is 14.3. The number of aryl methyl sites for hydroxylation is 1. The van der Waals surface area contributed by atoms with E-state index in [1.807, 2.05) is 24.3 Å². The van der Waals surface area contributed by atoms with Crippen LogP contribution in [0.5, 0.6) is 0 Å². The minimum absolute atomic E-state index is 0.0891. The molecule has 5 heteroatoms. The van der Waals surface area contributed by atoms with Crippen LogP contribution in [0.2, 0.25) is 0 Å². The number of nitrogens with one attached hydrogen (secondary N) is 1. The van der Waals surface area contributed by atoms with Crippen LogP contribution < -0.4 is 5.32 Å². The van der Waals surface area contributed by atoms with Crippen molar-refractivity contribution in [3.05, 3.63) is 59.2 Å². The van der Waals surface area contributed by atoms with Gasteiger partial charge in [-0.2, -0.15) is 0 Å². The monoisotopic (exact) mass is 412 g/mol. The highest BCUT2D eigenvalue weighted by Gasteiger charge is 2.43. The van der Waals surface area contributed by atoms with Crippen molar-refractivity contribution in [3.8, 4) is 0 Å². The van der Waals surface area contributed by atoms with E-state index in [4.69, 9.17) is 0 Å². The molecule has 0 spiro atoms. The van der Waals surface area contributed by atoms with Crippen molar-refractivity contribution in [2.45, 2.75) is 44.8 Å². The van der Waals surface area contributed by atoms with Crippen LogP contribution in [0.1, 0.15) is 30.4 Å². The lowest BCUT2D eigenvalue weighted by Crippen LogP contribution is -2.27. The molecule has 1 aromatic rings. The third-order valence-electron chi connectivity index (χ3n) is 6.40. The zero-order chi connectivity index (χ0) is 21.7. The van der Waals surface area contributed by atoms with E-state index in [9.17, 15) is 15.0 Å². The summed E-state index contributed by atoms with van der Waals surface area (Å²) in [6.07, 6.45) is 8.19. The molecule has 1 saturated carbocycles. The van der Waals surface area contributed by atoms with Gasteiger partial charge in [0.05, 0.1) is 12.2 Å². The van der Waals surface area contributed by atoms with E-state index in [-0.39, 0.29) is 17.9 Å². The zero-order valence-corrected chi connectivity index (χ0v) is 18.4. The van der Waals surface area contributed by atoms with Gasteiger partial charge in [-0.25, -0.2) is 0 Å². The third kappa shape index (κ3) is 6.03. The summed E-state index contributed by atoms with van der Waals surface area (Å²) < 4.78 is 0. The molecule has 30 heavy (non-hydrogen) atoms. The van der Waals surface area contributed by atoms with Crippen LogP contribution >= 0.6 is 0 Å². The SMILES string of the molecule is Cc1cccc(C[C@H](O)/C=C/[C@@H]2[C@H]3CC(CNCCC(=O)N(C)C)=C[C@H]3C[C@H]2O)c1. The van der Waals surface area contributed by atoms with Crippen LogP contribution in [0.3, 0.4) is 0 Å². The van der Waals surface area contributed by atoms with Gasteiger partial charge in [-0.1, -0.05) is 53.6 Å². The second-order valence-electron chi connectivity index (χ2n) is 9.10. The van der Waals surface area contributed by atoms with Gasteiger partial charge >= 0.3 is 0 Å². The molecule has 1 fully saturated rings. The lowest BCUT2D eigenvalue weighted by Gasteiger charge is -2.19. The van der Waals surface area contributed by atoms with Gasteiger partial charge in [-0.15, -0.1) is 0 Å². The fourth-order valence-electron chi connectivity index (χ4n) is 4.81. The van der Waals surface area contributed by atoms with E-state index in [1.165, 1.54) is 11.1 Å². The number of fused-ring (bicyclic) bond motifs is 1. The molecule has 0 bridgehead atoms. The van der Waals surface area contributed by atoms with Crippen molar-refractivity contribution in [1.82, 2.24) is 10.2 Å². The molecule has 5 nitrogen and oxygen atoms in total. The van der Waals surface area contributed by atoms with Gasteiger partial charge in [0.1, 0.15) is 0 Å². The lowest BCUT2D eigenvalue weighted by atomic mass is 9.89. The number of benzene rings is 1. The van der Waals surface area contributed by atoms with Gasteiger partial charge in [0.25, 0.3) is 0 Å². The maximum atomic E-state index is 11.7. The van der Waals surface area contributed by atoms with Crippen molar-refractivity contribution < 1.29 is 15.0 Å². The number of aliphatic hydroxyl groups is 2. The molecule has 0 radical (unpaired) electrons. The first kappa shape index (κ1) is 22.7. The van der Waals surface area contributed by atoms with Gasteiger partial charge in [0, 0.05) is 45.9 Å². The number of carbonyl (C=O) groups excluding carboxylic acids is 1. The molecule has 0 aromatic heterocycles. The summed E-state index contributed by atoms with van der Waals surface area (Å²) in [7, 11) is 3.56. The molecule has 1 aromatic carbocycles. The van der Waals surface area contributed by atoms with E-state index in [2.05, 4.69) is 30.4 Å². The second kappa shape index (κ2) is 10.4. The molecule has 164 valence electrons. The number of allylic oxidation sites excluding steroid dienone is 1. The van der Waals surface area contributed by atoms with Crippen LogP contribution in [0.25, 0.3) is 0 Å². The summed E-state index contributed by atoms with van der Waals surface area (Å²) in [5.74, 6) is 1.04. The van der Waals surface area contributed by atoms with Crippen LogP contribution in [0, 0.1) is 24.7 Å². The number of aliphatic hydroxyl groups excluding tert-OH is 2. The predicted octanol–water partition coefficient (Wildman–Crippen LogP) is 2.47. The molecule has 0 saturated heterocycles. The maximum absolute atomic E-state index is 11.7. The minimum atomic E-state index is -0.539. The van der Waals surface area contributed by atoms with Crippen LogP contribution in [0.4, 0.5) is 0 Å². The first-order valence-electron chi connectivity index (χ1n) is 11.0. The zero-order valence-electron chi connectivity index (χ0n) is 18.4. The molecular formula is C25H36N2O3. The number of rotatable bonds is 9. The largest absolute Gasteiger partial charge is 0.392 e. The Morgan fingerprint density at radius 2 is 2.17 bits per heavy atom. The Morgan fingerprint density at radius 3 is 2.90 bits per heavy atom. The quantitative estimate of drug-likeness (QED) is 0.430. The van der Waals surface area contributed by atoms with E-state index in [1.54, 1.807) is 19.0 Å². The van der Waals surface area contributed by atoms with E-state index in [0.29, 0.717) is 31.2 Å². The molecule has 0 heterocycles. The number of hydrogen-bond donors (Lipinski definition) is 3. The number of carbonyl (C=O) groups is 1. The normalized spacial score (nSPS) is 26.6. The molecule has 3 N–H and O–H groups in total. The van der Waals surface area contributed by atoms with E-state index in [0.717, 1.165) is 24.9 Å². The lowest BCUT2D eigenvalue weighted by molar-refractivity contribution is -0.128. The Hall–Kier alpha value is -1.95. The Morgan fingerprint density at radius 1 is 1.37 bits per heavy atom. The standard InChI is InChI=1S/C25H36N2O3/c1-17-5-4-6-18(11-17)13-21(28)7-8-22-23-14-19(12-20(23)15-24(22)29)16-26-10-9-25(30)27(2)3/h4-8,11-12,20-24,26,28-29H,9-10,13-16H2,1-3H3/b8-7+/t20-,21+,22+,23-,24+/m0/s1. The van der Waals surface area contributed by atoms with Gasteiger partial charge in [-0.05, 0) is 37.2 Å². The maximum Gasteiger partial charge on any atom is 0.223 e. The fraction of sp³-hybridized carbons (Fsp3) is 0.560.